The van der Waals surface area contributed by atoms with E-state index in [4.69, 9.17) is 4.84 Å². The topological polar surface area (TPSA) is 21.3 Å². The molecule has 3 heteroatoms. The van der Waals surface area contributed by atoms with Crippen LogP contribution in [0.4, 0.5) is 0 Å². The molecule has 0 atom stereocenters. The molecular weight excluding hydrogens is 206 g/mol. The van der Waals surface area contributed by atoms with Crippen molar-refractivity contribution in [1.82, 2.24) is 5.48 Å². The molecule has 0 amide bonds. The Morgan fingerprint density at radius 2 is 1.93 bits per heavy atom. The summed E-state index contributed by atoms with van der Waals surface area (Å²) >= 11 is 1.76. The van der Waals surface area contributed by atoms with Gasteiger partial charge in [0.2, 0.25) is 0 Å². The molecular formula is C12H19NOS. The van der Waals surface area contributed by atoms with Crippen molar-refractivity contribution in [3.8, 4) is 0 Å². The standard InChI is InChI=1S/C12H19NOS/c1-10(2)9-14-13-8-11-4-6-12(15-3)7-5-11/h4-7,10,13H,8-9H2,1-3H3. The Morgan fingerprint density at radius 3 is 2.47 bits per heavy atom. The van der Waals surface area contributed by atoms with Crippen LogP contribution in [0.2, 0.25) is 0 Å². The minimum atomic E-state index is 0.566. The van der Waals surface area contributed by atoms with Crippen molar-refractivity contribution in [3.63, 3.8) is 0 Å². The first-order valence-corrected chi connectivity index (χ1v) is 6.42. The highest BCUT2D eigenvalue weighted by Gasteiger charge is 1.95. The predicted octanol–water partition coefficient (Wildman–Crippen LogP) is 3.09. The molecule has 2 nitrogen and oxygen atoms in total. The highest BCUT2D eigenvalue weighted by atomic mass is 32.2. The quantitative estimate of drug-likeness (QED) is 0.457. The molecule has 1 N–H and O–H groups in total. The first-order chi connectivity index (χ1) is 7.22. The highest BCUT2D eigenvalue weighted by Crippen LogP contribution is 2.14. The van der Waals surface area contributed by atoms with Crippen molar-refractivity contribution in [3.05, 3.63) is 29.8 Å². The molecule has 0 aliphatic carbocycles. The minimum absolute atomic E-state index is 0.566. The first kappa shape index (κ1) is 12.6. The largest absolute Gasteiger partial charge is 0.301 e. The van der Waals surface area contributed by atoms with Crippen molar-refractivity contribution in [1.29, 1.82) is 0 Å². The van der Waals surface area contributed by atoms with Crippen LogP contribution in [-0.2, 0) is 11.4 Å². The zero-order chi connectivity index (χ0) is 11.1. The molecule has 0 heterocycles. The number of hydrogen-bond acceptors (Lipinski definition) is 3. The average molecular weight is 225 g/mol. The van der Waals surface area contributed by atoms with Crippen LogP contribution < -0.4 is 5.48 Å². The van der Waals surface area contributed by atoms with Crippen molar-refractivity contribution in [2.45, 2.75) is 25.3 Å². The van der Waals surface area contributed by atoms with E-state index in [1.807, 2.05) is 0 Å². The third kappa shape index (κ3) is 5.21. The summed E-state index contributed by atoms with van der Waals surface area (Å²) in [5, 5.41) is 0. The SMILES string of the molecule is CSc1ccc(CNOCC(C)C)cc1. The summed E-state index contributed by atoms with van der Waals surface area (Å²) in [7, 11) is 0. The van der Waals surface area contributed by atoms with Crippen LogP contribution in [-0.4, -0.2) is 12.9 Å². The van der Waals surface area contributed by atoms with Gasteiger partial charge in [-0.25, -0.2) is 0 Å². The van der Waals surface area contributed by atoms with E-state index < -0.39 is 0 Å². The normalized spacial score (nSPS) is 10.9. The molecule has 0 saturated heterocycles. The van der Waals surface area contributed by atoms with Crippen molar-refractivity contribution in [2.75, 3.05) is 12.9 Å². The van der Waals surface area contributed by atoms with E-state index in [1.54, 1.807) is 11.8 Å². The lowest BCUT2D eigenvalue weighted by molar-refractivity contribution is 0.0196. The number of hydrogen-bond donors (Lipinski definition) is 1. The second-order valence-electron chi connectivity index (χ2n) is 3.87. The van der Waals surface area contributed by atoms with Gasteiger partial charge in [0.1, 0.15) is 0 Å². The first-order valence-electron chi connectivity index (χ1n) is 5.20. The molecule has 15 heavy (non-hydrogen) atoms. The van der Waals surface area contributed by atoms with E-state index in [0.29, 0.717) is 5.92 Å². The third-order valence-corrected chi connectivity index (χ3v) is 2.70. The van der Waals surface area contributed by atoms with Crippen molar-refractivity contribution < 1.29 is 4.84 Å². The van der Waals surface area contributed by atoms with Crippen molar-refractivity contribution in [2.24, 2.45) is 5.92 Å². The van der Waals surface area contributed by atoms with Gasteiger partial charge in [0.25, 0.3) is 0 Å². The van der Waals surface area contributed by atoms with Gasteiger partial charge in [-0.15, -0.1) is 11.8 Å². The van der Waals surface area contributed by atoms with E-state index in [0.717, 1.165) is 13.2 Å². The molecule has 0 aromatic heterocycles. The lowest BCUT2D eigenvalue weighted by Crippen LogP contribution is -2.17. The van der Waals surface area contributed by atoms with Gasteiger partial charge in [-0.2, -0.15) is 5.48 Å². The van der Waals surface area contributed by atoms with Gasteiger partial charge in [-0.05, 0) is 29.9 Å². The van der Waals surface area contributed by atoms with Crippen LogP contribution >= 0.6 is 11.8 Å². The molecule has 0 aliphatic rings. The second kappa shape index (κ2) is 6.88. The van der Waals surface area contributed by atoms with Gasteiger partial charge in [0.15, 0.2) is 0 Å². The fraction of sp³-hybridized carbons (Fsp3) is 0.500. The Hall–Kier alpha value is -0.510. The third-order valence-electron chi connectivity index (χ3n) is 1.95. The molecule has 1 aromatic carbocycles. The summed E-state index contributed by atoms with van der Waals surface area (Å²) in [5.41, 5.74) is 4.21. The molecule has 0 aliphatic heterocycles. The molecule has 0 fully saturated rings. The fourth-order valence-corrected chi connectivity index (χ4v) is 1.51. The van der Waals surface area contributed by atoms with Crippen LogP contribution in [0.1, 0.15) is 19.4 Å². The second-order valence-corrected chi connectivity index (χ2v) is 4.75. The Bertz CT molecular complexity index is 271. The van der Waals surface area contributed by atoms with Crippen LogP contribution in [0.5, 0.6) is 0 Å². The lowest BCUT2D eigenvalue weighted by Gasteiger charge is -2.08. The molecule has 84 valence electrons. The highest BCUT2D eigenvalue weighted by molar-refractivity contribution is 7.98. The van der Waals surface area contributed by atoms with Crippen LogP contribution in [0.15, 0.2) is 29.2 Å². The van der Waals surface area contributed by atoms with Crippen molar-refractivity contribution >= 4 is 11.8 Å². The minimum Gasteiger partial charge on any atom is -0.301 e. The summed E-state index contributed by atoms with van der Waals surface area (Å²) in [6.45, 7) is 5.79. The molecule has 0 saturated carbocycles. The lowest BCUT2D eigenvalue weighted by atomic mass is 10.2. The summed E-state index contributed by atoms with van der Waals surface area (Å²) in [4.78, 5) is 6.59. The summed E-state index contributed by atoms with van der Waals surface area (Å²) < 4.78 is 0. The van der Waals surface area contributed by atoms with Gasteiger partial charge in [-0.3, -0.25) is 0 Å². The smallest absolute Gasteiger partial charge is 0.0705 e. The number of hydroxylamine groups is 1. The zero-order valence-corrected chi connectivity index (χ0v) is 10.4. The number of rotatable bonds is 6. The number of nitrogens with one attached hydrogen (secondary N) is 1. The number of benzene rings is 1. The van der Waals surface area contributed by atoms with Gasteiger partial charge >= 0.3 is 0 Å². The maximum absolute atomic E-state index is 5.30. The Labute approximate surface area is 96.4 Å². The monoisotopic (exact) mass is 225 g/mol. The average Bonchev–Trinajstić information content (AvgIpc) is 2.25. The molecule has 0 bridgehead atoms. The fourth-order valence-electron chi connectivity index (χ4n) is 1.10. The van der Waals surface area contributed by atoms with E-state index >= 15 is 0 Å². The van der Waals surface area contributed by atoms with Crippen LogP contribution in [0, 0.1) is 5.92 Å². The van der Waals surface area contributed by atoms with E-state index in [1.165, 1.54) is 10.5 Å². The predicted molar refractivity (Wildman–Crippen MR) is 65.9 cm³/mol. The zero-order valence-electron chi connectivity index (χ0n) is 9.62. The van der Waals surface area contributed by atoms with Gasteiger partial charge < -0.3 is 4.84 Å². The summed E-state index contributed by atoms with van der Waals surface area (Å²) in [6.07, 6.45) is 2.08. The Kier molecular flexibility index (Phi) is 5.76. The van der Waals surface area contributed by atoms with Gasteiger partial charge in [0, 0.05) is 11.4 Å². The van der Waals surface area contributed by atoms with E-state index in [2.05, 4.69) is 49.8 Å². The molecule has 0 unspecified atom stereocenters. The maximum atomic E-state index is 5.30. The van der Waals surface area contributed by atoms with Gasteiger partial charge in [-0.1, -0.05) is 26.0 Å². The number of thioether (sulfide) groups is 1. The maximum Gasteiger partial charge on any atom is 0.0705 e. The molecule has 1 aromatic rings. The van der Waals surface area contributed by atoms with Crippen LogP contribution in [0.25, 0.3) is 0 Å². The Balaban J connectivity index is 2.25. The molecule has 0 radical (unpaired) electrons. The Morgan fingerprint density at radius 1 is 1.27 bits per heavy atom. The van der Waals surface area contributed by atoms with Gasteiger partial charge in [0.05, 0.1) is 6.61 Å². The molecule has 1 rings (SSSR count). The summed E-state index contributed by atoms with van der Waals surface area (Å²) in [5.74, 6) is 0.566. The van der Waals surface area contributed by atoms with E-state index in [-0.39, 0.29) is 0 Å². The summed E-state index contributed by atoms with van der Waals surface area (Å²) in [6, 6.07) is 8.50. The van der Waals surface area contributed by atoms with Crippen LogP contribution in [0.3, 0.4) is 0 Å². The van der Waals surface area contributed by atoms with E-state index in [9.17, 15) is 0 Å². The molecule has 0 spiro atoms.